The third-order valence-corrected chi connectivity index (χ3v) is 5.79. The van der Waals surface area contributed by atoms with Gasteiger partial charge in [0.2, 0.25) is 0 Å². The smallest absolute Gasteiger partial charge is 0.145 e. The SMILES string of the molecule is NC1CC(Oc2cc(F)c(Cl)cc2Br)C12CCCCC2. The van der Waals surface area contributed by atoms with Gasteiger partial charge in [-0.15, -0.1) is 0 Å². The first-order valence-electron chi connectivity index (χ1n) is 7.10. The van der Waals surface area contributed by atoms with Gasteiger partial charge in [0.05, 0.1) is 9.50 Å². The van der Waals surface area contributed by atoms with Gasteiger partial charge in [0.15, 0.2) is 0 Å². The van der Waals surface area contributed by atoms with E-state index in [4.69, 9.17) is 22.1 Å². The topological polar surface area (TPSA) is 35.2 Å². The van der Waals surface area contributed by atoms with Crippen LogP contribution in [0.4, 0.5) is 4.39 Å². The molecule has 1 spiro atoms. The van der Waals surface area contributed by atoms with Crippen LogP contribution < -0.4 is 10.5 Å². The number of nitrogens with two attached hydrogens (primary N) is 1. The summed E-state index contributed by atoms with van der Waals surface area (Å²) in [7, 11) is 0. The molecule has 2 unspecified atom stereocenters. The third kappa shape index (κ3) is 2.36. The van der Waals surface area contributed by atoms with Crippen LogP contribution in [0.25, 0.3) is 0 Å². The van der Waals surface area contributed by atoms with Crippen molar-refractivity contribution in [3.05, 3.63) is 27.4 Å². The van der Waals surface area contributed by atoms with Gasteiger partial charge in [-0.2, -0.15) is 0 Å². The van der Waals surface area contributed by atoms with Crippen molar-refractivity contribution in [1.29, 1.82) is 0 Å². The molecule has 0 bridgehead atoms. The molecular weight excluding hydrogens is 345 g/mol. The first-order chi connectivity index (χ1) is 9.53. The summed E-state index contributed by atoms with van der Waals surface area (Å²) < 4.78 is 20.3. The molecule has 2 nitrogen and oxygen atoms in total. The van der Waals surface area contributed by atoms with Gasteiger partial charge in [-0.3, -0.25) is 0 Å². The summed E-state index contributed by atoms with van der Waals surface area (Å²) in [5, 5.41) is 0.0990. The molecule has 110 valence electrons. The quantitative estimate of drug-likeness (QED) is 0.776. The van der Waals surface area contributed by atoms with Gasteiger partial charge in [0, 0.05) is 23.9 Å². The number of halogens is 3. The van der Waals surface area contributed by atoms with Crippen molar-refractivity contribution < 1.29 is 9.13 Å². The average Bonchev–Trinajstić information content (AvgIpc) is 2.45. The van der Waals surface area contributed by atoms with Crippen molar-refractivity contribution in [2.45, 2.75) is 50.7 Å². The first-order valence-corrected chi connectivity index (χ1v) is 8.27. The molecular formula is C15H18BrClFNO. The molecule has 5 heteroatoms. The van der Waals surface area contributed by atoms with E-state index < -0.39 is 5.82 Å². The molecule has 0 amide bonds. The van der Waals surface area contributed by atoms with Gasteiger partial charge in [-0.1, -0.05) is 30.9 Å². The fourth-order valence-corrected chi connectivity index (χ4v) is 4.33. The third-order valence-electron chi connectivity index (χ3n) is 4.88. The predicted molar refractivity (Wildman–Crippen MR) is 81.6 cm³/mol. The Morgan fingerprint density at radius 2 is 2.00 bits per heavy atom. The molecule has 3 rings (SSSR count). The van der Waals surface area contributed by atoms with Crippen molar-refractivity contribution in [2.24, 2.45) is 11.1 Å². The maximum absolute atomic E-state index is 13.6. The molecule has 2 atom stereocenters. The molecule has 1 aromatic rings. The molecule has 2 fully saturated rings. The number of benzene rings is 1. The molecule has 0 aliphatic heterocycles. The van der Waals surface area contributed by atoms with E-state index in [-0.39, 0.29) is 22.6 Å². The van der Waals surface area contributed by atoms with Crippen LogP contribution in [-0.2, 0) is 0 Å². The van der Waals surface area contributed by atoms with Gasteiger partial charge in [-0.05, 0) is 34.8 Å². The van der Waals surface area contributed by atoms with Crippen LogP contribution in [-0.4, -0.2) is 12.1 Å². The standard InChI is InChI=1S/C15H18BrClFNO/c16-9-6-10(17)11(18)7-12(9)20-14-8-13(19)15(14)4-2-1-3-5-15/h6-7,13-14H,1-5,8,19H2. The second-order valence-electron chi connectivity index (χ2n) is 5.94. The van der Waals surface area contributed by atoms with Crippen LogP contribution in [0.15, 0.2) is 16.6 Å². The van der Waals surface area contributed by atoms with Crippen molar-refractivity contribution in [1.82, 2.24) is 0 Å². The highest BCUT2D eigenvalue weighted by atomic mass is 79.9. The fourth-order valence-electron chi connectivity index (χ4n) is 3.59. The van der Waals surface area contributed by atoms with E-state index in [9.17, 15) is 4.39 Å². The van der Waals surface area contributed by atoms with Crippen LogP contribution >= 0.6 is 27.5 Å². The Labute approximate surface area is 131 Å². The fraction of sp³-hybridized carbons (Fsp3) is 0.600. The van der Waals surface area contributed by atoms with Crippen molar-refractivity contribution in [3.63, 3.8) is 0 Å². The van der Waals surface area contributed by atoms with Crippen LogP contribution in [0.1, 0.15) is 38.5 Å². The van der Waals surface area contributed by atoms with E-state index >= 15 is 0 Å². The highest BCUT2D eigenvalue weighted by molar-refractivity contribution is 9.10. The number of ether oxygens (including phenoxy) is 1. The Kier molecular flexibility index (Phi) is 3.99. The summed E-state index contributed by atoms with van der Waals surface area (Å²) in [6, 6.07) is 3.11. The Morgan fingerprint density at radius 1 is 1.30 bits per heavy atom. The Hall–Kier alpha value is -0.320. The molecule has 2 aliphatic carbocycles. The van der Waals surface area contributed by atoms with Crippen molar-refractivity contribution in [3.8, 4) is 5.75 Å². The normalized spacial score (nSPS) is 28.2. The second-order valence-corrected chi connectivity index (χ2v) is 7.20. The van der Waals surface area contributed by atoms with Gasteiger partial charge < -0.3 is 10.5 Å². The van der Waals surface area contributed by atoms with E-state index in [1.807, 2.05) is 0 Å². The maximum Gasteiger partial charge on any atom is 0.145 e. The molecule has 0 aromatic heterocycles. The van der Waals surface area contributed by atoms with Gasteiger partial charge >= 0.3 is 0 Å². The van der Waals surface area contributed by atoms with Crippen molar-refractivity contribution in [2.75, 3.05) is 0 Å². The number of hydrogen-bond donors (Lipinski definition) is 1. The Balaban J connectivity index is 1.80. The molecule has 0 radical (unpaired) electrons. The monoisotopic (exact) mass is 361 g/mol. The minimum atomic E-state index is -0.453. The molecule has 2 aliphatic rings. The lowest BCUT2D eigenvalue weighted by Crippen LogP contribution is -2.64. The second kappa shape index (κ2) is 5.47. The largest absolute Gasteiger partial charge is 0.488 e. The van der Waals surface area contributed by atoms with Crippen LogP contribution in [0.2, 0.25) is 5.02 Å². The van der Waals surface area contributed by atoms with Crippen LogP contribution in [0.5, 0.6) is 5.75 Å². The first kappa shape index (κ1) is 14.6. The average molecular weight is 363 g/mol. The van der Waals surface area contributed by atoms with E-state index in [0.29, 0.717) is 10.2 Å². The zero-order chi connectivity index (χ0) is 14.3. The molecule has 2 saturated carbocycles. The molecule has 2 N–H and O–H groups in total. The molecule has 0 saturated heterocycles. The Bertz CT molecular complexity index is 519. The number of rotatable bonds is 2. The highest BCUT2D eigenvalue weighted by Crippen LogP contribution is 2.52. The summed E-state index contributed by atoms with van der Waals surface area (Å²) in [6.45, 7) is 0. The van der Waals surface area contributed by atoms with E-state index in [1.165, 1.54) is 25.3 Å². The minimum Gasteiger partial charge on any atom is -0.488 e. The van der Waals surface area contributed by atoms with E-state index in [1.54, 1.807) is 6.07 Å². The van der Waals surface area contributed by atoms with Crippen LogP contribution in [0.3, 0.4) is 0 Å². The lowest BCUT2D eigenvalue weighted by Gasteiger charge is -2.56. The summed E-state index contributed by atoms with van der Waals surface area (Å²) >= 11 is 9.14. The summed E-state index contributed by atoms with van der Waals surface area (Å²) in [6.07, 6.45) is 6.87. The van der Waals surface area contributed by atoms with E-state index in [0.717, 1.165) is 19.3 Å². The number of hydrogen-bond acceptors (Lipinski definition) is 2. The summed E-state index contributed by atoms with van der Waals surface area (Å²) in [5.74, 6) is 0.0694. The molecule has 20 heavy (non-hydrogen) atoms. The van der Waals surface area contributed by atoms with E-state index in [2.05, 4.69) is 15.9 Å². The van der Waals surface area contributed by atoms with Gasteiger partial charge in [0.1, 0.15) is 17.7 Å². The molecule has 0 heterocycles. The van der Waals surface area contributed by atoms with Crippen molar-refractivity contribution >= 4 is 27.5 Å². The Morgan fingerprint density at radius 3 is 2.65 bits per heavy atom. The lowest BCUT2D eigenvalue weighted by molar-refractivity contribution is -0.0902. The lowest BCUT2D eigenvalue weighted by atomic mass is 9.55. The van der Waals surface area contributed by atoms with Gasteiger partial charge in [0.25, 0.3) is 0 Å². The molecule has 1 aromatic carbocycles. The van der Waals surface area contributed by atoms with Crippen LogP contribution in [0, 0.1) is 11.2 Å². The summed E-state index contributed by atoms with van der Waals surface area (Å²) in [5.41, 5.74) is 6.33. The predicted octanol–water partition coefficient (Wildman–Crippen LogP) is 4.67. The van der Waals surface area contributed by atoms with Gasteiger partial charge in [-0.25, -0.2) is 4.39 Å². The minimum absolute atomic E-state index is 0.0911. The zero-order valence-electron chi connectivity index (χ0n) is 11.2. The zero-order valence-corrected chi connectivity index (χ0v) is 13.5. The maximum atomic E-state index is 13.6. The summed E-state index contributed by atoms with van der Waals surface area (Å²) in [4.78, 5) is 0. The highest BCUT2D eigenvalue weighted by Gasteiger charge is 2.55.